The molecule has 1 atom stereocenters. The quantitative estimate of drug-likeness (QED) is 0.642. The summed E-state index contributed by atoms with van der Waals surface area (Å²) in [4.78, 5) is 37.5. The maximum Gasteiger partial charge on any atom is 0.251 e. The van der Waals surface area contributed by atoms with Crippen LogP contribution in [0.1, 0.15) is 37.9 Å². The normalized spacial score (nSPS) is 20.7. The molecule has 5 rings (SSSR count). The number of aromatic amines is 1. The number of benzene rings is 2. The number of hydrogen-bond acceptors (Lipinski definition) is 5. The minimum absolute atomic E-state index is 0.138. The van der Waals surface area contributed by atoms with E-state index in [1.54, 1.807) is 12.1 Å². The number of carbonyl (C=O) groups excluding carboxylic acids is 2. The van der Waals surface area contributed by atoms with Crippen LogP contribution in [-0.2, 0) is 9.59 Å². The van der Waals surface area contributed by atoms with Gasteiger partial charge in [0.2, 0.25) is 5.91 Å². The van der Waals surface area contributed by atoms with Crippen molar-refractivity contribution in [3.63, 3.8) is 0 Å². The number of nitrogens with zero attached hydrogens (tertiary/aromatic N) is 3. The van der Waals surface area contributed by atoms with Gasteiger partial charge in [0.15, 0.2) is 0 Å². The highest BCUT2D eigenvalue weighted by Gasteiger charge is 2.43. The van der Waals surface area contributed by atoms with Crippen molar-refractivity contribution in [1.29, 1.82) is 0 Å². The predicted octanol–water partition coefficient (Wildman–Crippen LogP) is 3.47. The molecule has 0 radical (unpaired) electrons. The van der Waals surface area contributed by atoms with Crippen molar-refractivity contribution in [2.24, 2.45) is 0 Å². The zero-order valence-electron chi connectivity index (χ0n) is 17.6. The van der Waals surface area contributed by atoms with Crippen LogP contribution in [0.5, 0.6) is 5.75 Å². The second kappa shape index (κ2) is 8.15. The van der Waals surface area contributed by atoms with E-state index in [9.17, 15) is 9.59 Å². The van der Waals surface area contributed by atoms with Crippen LogP contribution in [0, 0.1) is 0 Å². The van der Waals surface area contributed by atoms with Crippen LogP contribution in [0.3, 0.4) is 0 Å². The van der Waals surface area contributed by atoms with Crippen LogP contribution >= 0.6 is 0 Å². The Balaban J connectivity index is 1.27. The summed E-state index contributed by atoms with van der Waals surface area (Å²) in [6.45, 7) is 3.99. The number of rotatable bonds is 5. The van der Waals surface area contributed by atoms with Crippen molar-refractivity contribution in [3.8, 4) is 5.75 Å². The highest BCUT2D eigenvalue weighted by atomic mass is 16.5. The molecule has 1 aromatic heterocycles. The van der Waals surface area contributed by atoms with Gasteiger partial charge in [-0.15, -0.1) is 0 Å². The van der Waals surface area contributed by atoms with Crippen LogP contribution in [0.25, 0.3) is 11.0 Å². The number of fused-ring (bicyclic) bond motifs is 1. The Hall–Kier alpha value is -3.19. The van der Waals surface area contributed by atoms with Gasteiger partial charge < -0.3 is 9.72 Å². The molecule has 2 aliphatic heterocycles. The highest BCUT2D eigenvalue weighted by molar-refractivity contribution is 6.22. The molecule has 2 aromatic carbocycles. The van der Waals surface area contributed by atoms with Gasteiger partial charge in [0, 0.05) is 12.0 Å². The van der Waals surface area contributed by atoms with Crippen molar-refractivity contribution in [2.45, 2.75) is 38.1 Å². The Morgan fingerprint density at radius 1 is 1.10 bits per heavy atom. The van der Waals surface area contributed by atoms with E-state index in [1.807, 2.05) is 43.3 Å². The first-order valence-electron chi connectivity index (χ1n) is 10.9. The van der Waals surface area contributed by atoms with Gasteiger partial charge in [0.1, 0.15) is 11.6 Å². The maximum absolute atomic E-state index is 13.2. The van der Waals surface area contributed by atoms with Gasteiger partial charge in [0.25, 0.3) is 5.91 Å². The summed E-state index contributed by atoms with van der Waals surface area (Å²) in [6, 6.07) is 14.9. The number of H-pyrrole nitrogens is 1. The molecule has 0 bridgehead atoms. The molecular weight excluding hydrogens is 392 g/mol. The summed E-state index contributed by atoms with van der Waals surface area (Å²) < 4.78 is 5.53. The monoisotopic (exact) mass is 418 g/mol. The lowest BCUT2D eigenvalue weighted by Crippen LogP contribution is -2.45. The van der Waals surface area contributed by atoms with E-state index in [1.165, 1.54) is 4.90 Å². The Morgan fingerprint density at radius 2 is 1.90 bits per heavy atom. The molecule has 7 nitrogen and oxygen atoms in total. The number of nitrogens with one attached hydrogen (secondary N) is 1. The molecule has 2 fully saturated rings. The van der Waals surface area contributed by atoms with Crippen molar-refractivity contribution < 1.29 is 14.3 Å². The number of ether oxygens (including phenoxy) is 1. The van der Waals surface area contributed by atoms with Crippen LogP contribution in [-0.4, -0.2) is 52.4 Å². The number of amides is 2. The molecule has 0 aliphatic carbocycles. The summed E-state index contributed by atoms with van der Waals surface area (Å²) in [5.74, 6) is 1.73. The van der Waals surface area contributed by atoms with E-state index in [-0.39, 0.29) is 24.3 Å². The van der Waals surface area contributed by atoms with Crippen LogP contribution in [0.15, 0.2) is 48.5 Å². The van der Waals surface area contributed by atoms with Crippen LogP contribution in [0.2, 0.25) is 0 Å². The third kappa shape index (κ3) is 3.70. The van der Waals surface area contributed by atoms with E-state index in [4.69, 9.17) is 9.72 Å². The number of piperidine rings is 1. The van der Waals surface area contributed by atoms with Gasteiger partial charge in [-0.25, -0.2) is 9.88 Å². The largest absolute Gasteiger partial charge is 0.494 e. The fraction of sp³-hybridized carbons (Fsp3) is 0.375. The number of imide groups is 1. The summed E-state index contributed by atoms with van der Waals surface area (Å²) in [6.07, 6.45) is 2.06. The molecule has 3 aromatic rings. The van der Waals surface area contributed by atoms with Gasteiger partial charge in [-0.05, 0) is 57.1 Å². The number of carbonyl (C=O) groups is 2. The third-order valence-electron chi connectivity index (χ3n) is 6.27. The third-order valence-corrected chi connectivity index (χ3v) is 6.27. The summed E-state index contributed by atoms with van der Waals surface area (Å²) >= 11 is 0. The number of para-hydroxylation sites is 2. The van der Waals surface area contributed by atoms with Crippen LogP contribution in [0.4, 0.5) is 5.69 Å². The smallest absolute Gasteiger partial charge is 0.251 e. The SMILES string of the molecule is CCOc1cccc(N2C(=O)C[C@H](N3CCC(c4nc5ccccc5[nH]4)CC3)C2=O)c1. The van der Waals surface area contributed by atoms with Crippen molar-refractivity contribution in [1.82, 2.24) is 14.9 Å². The van der Waals surface area contributed by atoms with Gasteiger partial charge in [-0.2, -0.15) is 0 Å². The van der Waals surface area contributed by atoms with Gasteiger partial charge in [-0.3, -0.25) is 14.5 Å². The Labute approximate surface area is 181 Å². The summed E-state index contributed by atoms with van der Waals surface area (Å²) in [5.41, 5.74) is 2.63. The second-order valence-electron chi connectivity index (χ2n) is 8.17. The predicted molar refractivity (Wildman–Crippen MR) is 118 cm³/mol. The molecule has 0 spiro atoms. The molecule has 160 valence electrons. The van der Waals surface area contributed by atoms with Gasteiger partial charge >= 0.3 is 0 Å². The van der Waals surface area contributed by atoms with Crippen LogP contribution < -0.4 is 9.64 Å². The van der Waals surface area contributed by atoms with Crippen molar-refractivity contribution in [2.75, 3.05) is 24.6 Å². The Kier molecular flexibility index (Phi) is 5.19. The van der Waals surface area contributed by atoms with Crippen molar-refractivity contribution >= 4 is 28.5 Å². The molecular formula is C24H26N4O3. The minimum Gasteiger partial charge on any atom is -0.494 e. The molecule has 2 saturated heterocycles. The minimum atomic E-state index is -0.389. The first-order valence-corrected chi connectivity index (χ1v) is 10.9. The average Bonchev–Trinajstić information content (AvgIpc) is 3.35. The molecule has 0 unspecified atom stereocenters. The first-order chi connectivity index (χ1) is 15.1. The number of likely N-dealkylation sites (tertiary alicyclic amines) is 1. The molecule has 1 N–H and O–H groups in total. The number of aromatic nitrogens is 2. The van der Waals surface area contributed by atoms with E-state index >= 15 is 0 Å². The van der Waals surface area contributed by atoms with E-state index in [0.717, 1.165) is 42.8 Å². The lowest BCUT2D eigenvalue weighted by molar-refractivity contribution is -0.123. The summed E-state index contributed by atoms with van der Waals surface area (Å²) in [7, 11) is 0. The molecule has 31 heavy (non-hydrogen) atoms. The zero-order valence-corrected chi connectivity index (χ0v) is 17.6. The van der Waals surface area contributed by atoms with E-state index in [0.29, 0.717) is 24.0 Å². The molecule has 0 saturated carbocycles. The number of imidazole rings is 1. The molecule has 2 amide bonds. The topological polar surface area (TPSA) is 78.5 Å². The first kappa shape index (κ1) is 19.8. The lowest BCUT2D eigenvalue weighted by Gasteiger charge is -2.34. The molecule has 2 aliphatic rings. The van der Waals surface area contributed by atoms with E-state index < -0.39 is 0 Å². The standard InChI is InChI=1S/C24H26N4O3/c1-2-31-18-7-5-6-17(14-18)28-22(29)15-21(24(28)30)27-12-10-16(11-13-27)23-25-19-8-3-4-9-20(19)26-23/h3-9,14,16,21H,2,10-13,15H2,1H3,(H,25,26)/t21-/m0/s1. The zero-order chi connectivity index (χ0) is 21.4. The molecule has 7 heteroatoms. The fourth-order valence-electron chi connectivity index (χ4n) is 4.70. The Bertz CT molecular complexity index is 1080. The maximum atomic E-state index is 13.2. The fourth-order valence-corrected chi connectivity index (χ4v) is 4.70. The van der Waals surface area contributed by atoms with Gasteiger partial charge in [0.05, 0.1) is 35.8 Å². The number of anilines is 1. The summed E-state index contributed by atoms with van der Waals surface area (Å²) in [5, 5.41) is 0. The van der Waals surface area contributed by atoms with Gasteiger partial charge in [-0.1, -0.05) is 18.2 Å². The van der Waals surface area contributed by atoms with E-state index in [2.05, 4.69) is 9.88 Å². The highest BCUT2D eigenvalue weighted by Crippen LogP contribution is 2.33. The van der Waals surface area contributed by atoms with Crippen molar-refractivity contribution in [3.05, 3.63) is 54.4 Å². The second-order valence-corrected chi connectivity index (χ2v) is 8.17. The number of hydrogen-bond donors (Lipinski definition) is 1. The Morgan fingerprint density at radius 3 is 2.68 bits per heavy atom. The molecule has 3 heterocycles. The lowest BCUT2D eigenvalue weighted by atomic mass is 9.95. The average molecular weight is 418 g/mol.